The van der Waals surface area contributed by atoms with Crippen molar-refractivity contribution in [3.8, 4) is 0 Å². The third-order valence-corrected chi connectivity index (χ3v) is 6.04. The summed E-state index contributed by atoms with van der Waals surface area (Å²) in [5.74, 6) is 0.449. The average Bonchev–Trinajstić information content (AvgIpc) is 2.89. The molecule has 7 heteroatoms. The molecule has 0 aromatic carbocycles. The summed E-state index contributed by atoms with van der Waals surface area (Å²) in [6.45, 7) is 2.74. The Kier molecular flexibility index (Phi) is 3.66. The highest BCUT2D eigenvalue weighted by Crippen LogP contribution is 2.35. The highest BCUT2D eigenvalue weighted by molar-refractivity contribution is 7.89. The molecule has 0 unspecified atom stereocenters. The van der Waals surface area contributed by atoms with Gasteiger partial charge in [-0.1, -0.05) is 0 Å². The summed E-state index contributed by atoms with van der Waals surface area (Å²) in [5.41, 5.74) is 0. The molecule has 0 radical (unpaired) electrons. The molecule has 0 saturated carbocycles. The van der Waals surface area contributed by atoms with E-state index in [0.29, 0.717) is 13.1 Å². The number of amides is 1. The van der Waals surface area contributed by atoms with Crippen molar-refractivity contribution in [1.29, 1.82) is 0 Å². The number of likely N-dealkylation sites (N-methyl/N-ethyl adjacent to an activating group) is 2. The van der Waals surface area contributed by atoms with Gasteiger partial charge >= 0.3 is 0 Å². The Bertz CT molecular complexity index is 437. The Balaban J connectivity index is 2.08. The molecule has 2 aliphatic heterocycles. The average molecular weight is 275 g/mol. The van der Waals surface area contributed by atoms with Gasteiger partial charge in [0.2, 0.25) is 15.9 Å². The maximum Gasteiger partial charge on any atom is 0.237 e. The van der Waals surface area contributed by atoms with Crippen molar-refractivity contribution < 1.29 is 13.2 Å². The van der Waals surface area contributed by atoms with Crippen LogP contribution < -0.4 is 5.32 Å². The second kappa shape index (κ2) is 4.79. The zero-order valence-electron chi connectivity index (χ0n) is 11.1. The van der Waals surface area contributed by atoms with Gasteiger partial charge in [-0.25, -0.2) is 12.7 Å². The van der Waals surface area contributed by atoms with Crippen molar-refractivity contribution in [3.63, 3.8) is 0 Å². The Morgan fingerprint density at radius 3 is 2.56 bits per heavy atom. The summed E-state index contributed by atoms with van der Waals surface area (Å²) in [6.07, 6.45) is 0.747. The van der Waals surface area contributed by atoms with Crippen molar-refractivity contribution in [2.75, 3.05) is 32.9 Å². The van der Waals surface area contributed by atoms with E-state index in [2.05, 4.69) is 5.32 Å². The smallest absolute Gasteiger partial charge is 0.237 e. The molecule has 104 valence electrons. The number of fused-ring (bicyclic) bond motifs is 1. The van der Waals surface area contributed by atoms with Gasteiger partial charge in [0.1, 0.15) is 0 Å². The molecule has 1 amide bonds. The van der Waals surface area contributed by atoms with Crippen LogP contribution in [0.3, 0.4) is 0 Å². The van der Waals surface area contributed by atoms with Crippen LogP contribution in [0, 0.1) is 5.92 Å². The van der Waals surface area contributed by atoms with Gasteiger partial charge in [-0.15, -0.1) is 0 Å². The minimum atomic E-state index is -3.10. The summed E-state index contributed by atoms with van der Waals surface area (Å²) in [5, 5.41) is 2.67. The molecule has 0 aromatic rings. The Hall–Kier alpha value is -0.660. The Morgan fingerprint density at radius 2 is 2.06 bits per heavy atom. The van der Waals surface area contributed by atoms with Gasteiger partial charge in [0.15, 0.2) is 0 Å². The standard InChI is InChI=1S/C11H21N3O3S/c1-4-18(16,17)14-6-8-5-9(11(15)12-2)13(3)10(8)7-14/h8-10H,4-7H2,1-3H3,(H,12,15)/t8-,9-,10+/m0/s1. The van der Waals surface area contributed by atoms with Gasteiger partial charge in [0, 0.05) is 26.2 Å². The fraction of sp³-hybridized carbons (Fsp3) is 0.909. The number of rotatable bonds is 3. The molecule has 0 aromatic heterocycles. The van der Waals surface area contributed by atoms with Crippen LogP contribution in [0.1, 0.15) is 13.3 Å². The van der Waals surface area contributed by atoms with Crippen LogP contribution in [0.2, 0.25) is 0 Å². The molecule has 1 N–H and O–H groups in total. The lowest BCUT2D eigenvalue weighted by Gasteiger charge is -2.25. The van der Waals surface area contributed by atoms with Crippen LogP contribution in [0.15, 0.2) is 0 Å². The molecule has 3 atom stereocenters. The van der Waals surface area contributed by atoms with E-state index in [-0.39, 0.29) is 29.7 Å². The first-order chi connectivity index (χ1) is 8.40. The first kappa shape index (κ1) is 13.8. The molecular weight excluding hydrogens is 254 g/mol. The number of likely N-dealkylation sites (tertiary alicyclic amines) is 1. The topological polar surface area (TPSA) is 69.7 Å². The minimum Gasteiger partial charge on any atom is -0.358 e. The molecule has 2 rings (SSSR count). The van der Waals surface area contributed by atoms with Crippen LogP contribution in [0.4, 0.5) is 0 Å². The SMILES string of the molecule is CCS(=O)(=O)N1C[C@@H]2C[C@@H](C(=O)NC)N(C)[C@@H]2C1. The molecule has 6 nitrogen and oxygen atoms in total. The summed E-state index contributed by atoms with van der Waals surface area (Å²) < 4.78 is 25.2. The van der Waals surface area contributed by atoms with Crippen molar-refractivity contribution in [1.82, 2.24) is 14.5 Å². The van der Waals surface area contributed by atoms with Gasteiger partial charge in [-0.3, -0.25) is 9.69 Å². The lowest BCUT2D eigenvalue weighted by atomic mass is 10.0. The van der Waals surface area contributed by atoms with Gasteiger partial charge in [-0.2, -0.15) is 0 Å². The Morgan fingerprint density at radius 1 is 1.39 bits per heavy atom. The zero-order chi connectivity index (χ0) is 13.5. The van der Waals surface area contributed by atoms with E-state index in [1.165, 1.54) is 0 Å². The predicted molar refractivity (Wildman–Crippen MR) is 68.5 cm³/mol. The van der Waals surface area contributed by atoms with Crippen LogP contribution in [0.5, 0.6) is 0 Å². The van der Waals surface area contributed by atoms with Crippen LogP contribution in [-0.2, 0) is 14.8 Å². The molecule has 0 aliphatic carbocycles. The number of carbonyl (C=O) groups excluding carboxylic acids is 1. The highest BCUT2D eigenvalue weighted by atomic mass is 32.2. The zero-order valence-corrected chi connectivity index (χ0v) is 11.9. The van der Waals surface area contributed by atoms with Crippen molar-refractivity contribution >= 4 is 15.9 Å². The van der Waals surface area contributed by atoms with E-state index < -0.39 is 10.0 Å². The lowest BCUT2D eigenvalue weighted by Crippen LogP contribution is -2.45. The van der Waals surface area contributed by atoms with Crippen molar-refractivity contribution in [2.24, 2.45) is 5.92 Å². The second-order valence-electron chi connectivity index (χ2n) is 5.08. The lowest BCUT2D eigenvalue weighted by molar-refractivity contribution is -0.125. The van der Waals surface area contributed by atoms with Gasteiger partial charge in [0.25, 0.3) is 0 Å². The first-order valence-corrected chi connectivity index (χ1v) is 7.93. The normalized spacial score (nSPS) is 33.6. The number of hydrogen-bond acceptors (Lipinski definition) is 4. The van der Waals surface area contributed by atoms with E-state index in [1.807, 2.05) is 11.9 Å². The maximum atomic E-state index is 11.8. The van der Waals surface area contributed by atoms with Crippen molar-refractivity contribution in [2.45, 2.75) is 25.4 Å². The quantitative estimate of drug-likeness (QED) is 0.724. The number of nitrogens with one attached hydrogen (secondary N) is 1. The predicted octanol–water partition coefficient (Wildman–Crippen LogP) is -0.913. The van der Waals surface area contributed by atoms with E-state index in [4.69, 9.17) is 0 Å². The second-order valence-corrected chi connectivity index (χ2v) is 7.33. The fourth-order valence-electron chi connectivity index (χ4n) is 3.06. The van der Waals surface area contributed by atoms with Crippen LogP contribution >= 0.6 is 0 Å². The fourth-order valence-corrected chi connectivity index (χ4v) is 4.22. The van der Waals surface area contributed by atoms with E-state index >= 15 is 0 Å². The molecule has 0 spiro atoms. The summed E-state index contributed by atoms with van der Waals surface area (Å²) in [6, 6.07) is 0.0603. The number of carbonyl (C=O) groups is 1. The largest absolute Gasteiger partial charge is 0.358 e. The van der Waals surface area contributed by atoms with E-state index in [0.717, 1.165) is 6.42 Å². The Labute approximate surface area is 108 Å². The monoisotopic (exact) mass is 275 g/mol. The van der Waals surface area contributed by atoms with Crippen LogP contribution in [0.25, 0.3) is 0 Å². The van der Waals surface area contributed by atoms with Crippen LogP contribution in [-0.4, -0.2) is 68.6 Å². The number of sulfonamides is 1. The third kappa shape index (κ3) is 2.15. The summed E-state index contributed by atoms with van der Waals surface area (Å²) >= 11 is 0. The highest BCUT2D eigenvalue weighted by Gasteiger charge is 2.48. The van der Waals surface area contributed by atoms with Crippen molar-refractivity contribution in [3.05, 3.63) is 0 Å². The number of nitrogens with zero attached hydrogens (tertiary/aromatic N) is 2. The third-order valence-electron chi connectivity index (χ3n) is 4.22. The maximum absolute atomic E-state index is 11.8. The van der Waals surface area contributed by atoms with E-state index in [1.54, 1.807) is 18.3 Å². The molecule has 18 heavy (non-hydrogen) atoms. The van der Waals surface area contributed by atoms with Gasteiger partial charge in [0.05, 0.1) is 11.8 Å². The summed E-state index contributed by atoms with van der Waals surface area (Å²) in [4.78, 5) is 13.7. The molecule has 2 fully saturated rings. The first-order valence-electron chi connectivity index (χ1n) is 6.32. The number of hydrogen-bond donors (Lipinski definition) is 1. The van der Waals surface area contributed by atoms with E-state index in [9.17, 15) is 13.2 Å². The minimum absolute atomic E-state index is 0.0248. The van der Waals surface area contributed by atoms with Gasteiger partial charge < -0.3 is 5.32 Å². The summed E-state index contributed by atoms with van der Waals surface area (Å²) in [7, 11) is 0.446. The molecule has 2 heterocycles. The molecular formula is C11H21N3O3S. The molecule has 0 bridgehead atoms. The van der Waals surface area contributed by atoms with Gasteiger partial charge in [-0.05, 0) is 26.3 Å². The molecule has 2 aliphatic rings. The molecule has 2 saturated heterocycles.